The Morgan fingerprint density at radius 2 is 1.70 bits per heavy atom. The first-order valence-electron chi connectivity index (χ1n) is 8.78. The molecule has 0 fully saturated rings. The molecule has 0 spiro atoms. The highest BCUT2D eigenvalue weighted by atomic mass is 32.2. The van der Waals surface area contributed by atoms with Crippen molar-refractivity contribution in [2.24, 2.45) is 0 Å². The minimum absolute atomic E-state index is 0.186. The number of esters is 1. The molecule has 0 aromatic heterocycles. The molecule has 2 aromatic rings. The second-order valence-corrected chi connectivity index (χ2v) is 7.35. The molecule has 1 amide bonds. The Morgan fingerprint density at radius 3 is 2.30 bits per heavy atom. The van der Waals surface area contributed by atoms with Crippen LogP contribution in [0.25, 0.3) is 0 Å². The van der Waals surface area contributed by atoms with Crippen molar-refractivity contribution in [1.82, 2.24) is 5.32 Å². The molecule has 0 saturated heterocycles. The van der Waals surface area contributed by atoms with Crippen molar-refractivity contribution in [3.05, 3.63) is 60.2 Å². The number of thioether (sulfide) groups is 1. The van der Waals surface area contributed by atoms with Crippen LogP contribution in [-0.2, 0) is 20.7 Å². The second-order valence-electron chi connectivity index (χ2n) is 6.25. The van der Waals surface area contributed by atoms with Gasteiger partial charge in [0, 0.05) is 10.6 Å². The third-order valence-corrected chi connectivity index (χ3v) is 4.76. The summed E-state index contributed by atoms with van der Waals surface area (Å²) in [7, 11) is 1.59. The Bertz CT molecular complexity index is 732. The average Bonchev–Trinajstić information content (AvgIpc) is 2.66. The van der Waals surface area contributed by atoms with Crippen LogP contribution in [0.1, 0.15) is 19.4 Å². The van der Waals surface area contributed by atoms with E-state index in [1.807, 2.05) is 42.5 Å². The number of hydrogen-bond acceptors (Lipinski definition) is 5. The van der Waals surface area contributed by atoms with Crippen LogP contribution in [0, 0.1) is 0 Å². The summed E-state index contributed by atoms with van der Waals surface area (Å²) in [5, 5.41) is 2.80. The van der Waals surface area contributed by atoms with E-state index in [9.17, 15) is 9.59 Å². The molecular weight excluding hydrogens is 362 g/mol. The summed E-state index contributed by atoms with van der Waals surface area (Å²) in [6.07, 6.45) is -0.0499. The van der Waals surface area contributed by atoms with Crippen molar-refractivity contribution >= 4 is 23.6 Å². The molecule has 0 radical (unpaired) electrons. The maximum absolute atomic E-state index is 12.4. The minimum Gasteiger partial charge on any atom is -0.497 e. The van der Waals surface area contributed by atoms with Gasteiger partial charge >= 0.3 is 5.97 Å². The van der Waals surface area contributed by atoms with Crippen LogP contribution in [0.2, 0.25) is 0 Å². The SMILES string of the molecule is COc1ccc(CC(=O)NC(CSc2ccccc2)C(=O)OC(C)C)cc1. The van der Waals surface area contributed by atoms with Crippen LogP contribution in [0.4, 0.5) is 0 Å². The van der Waals surface area contributed by atoms with E-state index in [4.69, 9.17) is 9.47 Å². The van der Waals surface area contributed by atoms with Crippen LogP contribution in [0.3, 0.4) is 0 Å². The number of benzene rings is 2. The molecule has 144 valence electrons. The number of rotatable bonds is 9. The molecule has 27 heavy (non-hydrogen) atoms. The standard InChI is InChI=1S/C21H25NO4S/c1-15(2)26-21(24)19(14-27-18-7-5-4-6-8-18)22-20(23)13-16-9-11-17(25-3)12-10-16/h4-12,15,19H,13-14H2,1-3H3,(H,22,23). The van der Waals surface area contributed by atoms with E-state index in [0.717, 1.165) is 16.2 Å². The number of hydrogen-bond donors (Lipinski definition) is 1. The lowest BCUT2D eigenvalue weighted by Crippen LogP contribution is -2.44. The molecule has 2 rings (SSSR count). The van der Waals surface area contributed by atoms with Gasteiger partial charge in [-0.05, 0) is 43.7 Å². The van der Waals surface area contributed by atoms with E-state index >= 15 is 0 Å². The molecule has 1 unspecified atom stereocenters. The van der Waals surface area contributed by atoms with E-state index in [1.165, 1.54) is 11.8 Å². The lowest BCUT2D eigenvalue weighted by molar-refractivity contribution is -0.150. The van der Waals surface area contributed by atoms with Gasteiger partial charge in [-0.25, -0.2) is 4.79 Å². The predicted octanol–water partition coefficient (Wildman–Crippen LogP) is 3.47. The van der Waals surface area contributed by atoms with Crippen molar-refractivity contribution in [2.75, 3.05) is 12.9 Å². The Morgan fingerprint density at radius 1 is 1.04 bits per heavy atom. The highest BCUT2D eigenvalue weighted by molar-refractivity contribution is 7.99. The zero-order chi connectivity index (χ0) is 19.6. The fourth-order valence-electron chi connectivity index (χ4n) is 2.35. The van der Waals surface area contributed by atoms with Gasteiger partial charge in [0.1, 0.15) is 11.8 Å². The third kappa shape index (κ3) is 7.35. The van der Waals surface area contributed by atoms with Crippen LogP contribution in [-0.4, -0.2) is 36.9 Å². The van der Waals surface area contributed by atoms with E-state index in [-0.39, 0.29) is 18.4 Å². The van der Waals surface area contributed by atoms with Crippen LogP contribution in [0.15, 0.2) is 59.5 Å². The topological polar surface area (TPSA) is 64.6 Å². The van der Waals surface area contributed by atoms with Gasteiger partial charge in [-0.2, -0.15) is 0 Å². The maximum atomic E-state index is 12.4. The fraction of sp³-hybridized carbons (Fsp3) is 0.333. The van der Waals surface area contributed by atoms with E-state index in [2.05, 4.69) is 5.32 Å². The summed E-state index contributed by atoms with van der Waals surface area (Å²) in [5.74, 6) is 0.497. The van der Waals surface area contributed by atoms with E-state index < -0.39 is 12.0 Å². The van der Waals surface area contributed by atoms with E-state index in [1.54, 1.807) is 33.1 Å². The van der Waals surface area contributed by atoms with Crippen LogP contribution < -0.4 is 10.1 Å². The second kappa shape index (κ2) is 10.6. The largest absolute Gasteiger partial charge is 0.497 e. The molecule has 1 N–H and O–H groups in total. The van der Waals surface area contributed by atoms with Gasteiger partial charge in [-0.3, -0.25) is 4.79 Å². The molecule has 0 heterocycles. The summed E-state index contributed by atoms with van der Waals surface area (Å²) in [4.78, 5) is 25.8. The Hall–Kier alpha value is -2.47. The molecule has 0 bridgehead atoms. The highest BCUT2D eigenvalue weighted by Crippen LogP contribution is 2.19. The lowest BCUT2D eigenvalue weighted by Gasteiger charge is -2.19. The first kappa shape index (κ1) is 20.8. The maximum Gasteiger partial charge on any atom is 0.329 e. The summed E-state index contributed by atoms with van der Waals surface area (Å²) < 4.78 is 10.4. The van der Waals surface area contributed by atoms with Gasteiger partial charge in [-0.15, -0.1) is 11.8 Å². The van der Waals surface area contributed by atoms with Crippen molar-refractivity contribution in [1.29, 1.82) is 0 Å². The zero-order valence-electron chi connectivity index (χ0n) is 15.8. The third-order valence-electron chi connectivity index (χ3n) is 3.66. The summed E-state index contributed by atoms with van der Waals surface area (Å²) in [6, 6.07) is 16.3. The quantitative estimate of drug-likeness (QED) is 0.527. The van der Waals surface area contributed by atoms with Gasteiger partial charge in [0.15, 0.2) is 0 Å². The first-order valence-corrected chi connectivity index (χ1v) is 9.77. The lowest BCUT2D eigenvalue weighted by atomic mass is 10.1. The number of ether oxygens (including phenoxy) is 2. The molecule has 0 aliphatic carbocycles. The predicted molar refractivity (Wildman–Crippen MR) is 107 cm³/mol. The Labute approximate surface area is 164 Å². The van der Waals surface area contributed by atoms with Crippen molar-refractivity contribution < 1.29 is 19.1 Å². The highest BCUT2D eigenvalue weighted by Gasteiger charge is 2.23. The Balaban J connectivity index is 1.98. The molecular formula is C21H25NO4S. The minimum atomic E-state index is -0.705. The normalized spacial score (nSPS) is 11.7. The monoisotopic (exact) mass is 387 g/mol. The number of methoxy groups -OCH3 is 1. The molecule has 0 aliphatic rings. The average molecular weight is 388 g/mol. The number of nitrogens with one attached hydrogen (secondary N) is 1. The summed E-state index contributed by atoms with van der Waals surface area (Å²) >= 11 is 1.51. The number of carbonyl (C=O) groups excluding carboxylic acids is 2. The van der Waals surface area contributed by atoms with E-state index in [0.29, 0.717) is 5.75 Å². The summed E-state index contributed by atoms with van der Waals surface area (Å²) in [5.41, 5.74) is 0.847. The molecule has 0 aliphatic heterocycles. The summed E-state index contributed by atoms with van der Waals surface area (Å²) in [6.45, 7) is 3.58. The smallest absolute Gasteiger partial charge is 0.329 e. The zero-order valence-corrected chi connectivity index (χ0v) is 16.6. The fourth-order valence-corrected chi connectivity index (χ4v) is 3.28. The Kier molecular flexibility index (Phi) is 8.20. The van der Waals surface area contributed by atoms with Gasteiger partial charge in [0.2, 0.25) is 5.91 Å². The van der Waals surface area contributed by atoms with Crippen LogP contribution in [0.5, 0.6) is 5.75 Å². The van der Waals surface area contributed by atoms with Crippen molar-refractivity contribution in [2.45, 2.75) is 37.3 Å². The van der Waals surface area contributed by atoms with Gasteiger partial charge in [0.05, 0.1) is 19.6 Å². The molecule has 0 saturated carbocycles. The molecule has 6 heteroatoms. The van der Waals surface area contributed by atoms with Gasteiger partial charge < -0.3 is 14.8 Å². The van der Waals surface area contributed by atoms with Gasteiger partial charge in [0.25, 0.3) is 0 Å². The molecule has 2 aromatic carbocycles. The van der Waals surface area contributed by atoms with Crippen molar-refractivity contribution in [3.63, 3.8) is 0 Å². The number of carbonyl (C=O) groups is 2. The first-order chi connectivity index (χ1) is 13.0. The van der Waals surface area contributed by atoms with Gasteiger partial charge in [-0.1, -0.05) is 30.3 Å². The number of amides is 1. The molecule has 1 atom stereocenters. The van der Waals surface area contributed by atoms with Crippen molar-refractivity contribution in [3.8, 4) is 5.75 Å². The molecule has 5 nitrogen and oxygen atoms in total. The van der Waals surface area contributed by atoms with Crippen LogP contribution >= 0.6 is 11.8 Å².